The van der Waals surface area contributed by atoms with E-state index < -0.39 is 0 Å². The second-order valence-electron chi connectivity index (χ2n) is 3.49. The minimum atomic E-state index is 0.113. The third-order valence-corrected chi connectivity index (χ3v) is 3.13. The van der Waals surface area contributed by atoms with Gasteiger partial charge in [0.05, 0.1) is 12.2 Å². The van der Waals surface area contributed by atoms with Crippen LogP contribution in [0.3, 0.4) is 0 Å². The van der Waals surface area contributed by atoms with E-state index >= 15 is 0 Å². The summed E-state index contributed by atoms with van der Waals surface area (Å²) in [6.07, 6.45) is 0.705. The normalized spacial score (nSPS) is 10.6. The highest BCUT2D eigenvalue weighted by Crippen LogP contribution is 2.16. The Hall–Kier alpha value is -0.930. The lowest BCUT2D eigenvalue weighted by atomic mass is 10.3. The third kappa shape index (κ3) is 4.29. The summed E-state index contributed by atoms with van der Waals surface area (Å²) in [5.74, 6) is 0. The van der Waals surface area contributed by atoms with E-state index in [1.54, 1.807) is 11.3 Å². The van der Waals surface area contributed by atoms with E-state index in [4.69, 9.17) is 15.5 Å². The topological polar surface area (TPSA) is 67.5 Å². The number of aliphatic hydroxyl groups excluding tert-OH is 2. The first-order chi connectivity index (χ1) is 7.80. The molecule has 4 nitrogen and oxygen atoms in total. The Morgan fingerprint density at radius 1 is 1.31 bits per heavy atom. The first-order valence-corrected chi connectivity index (χ1v) is 6.09. The van der Waals surface area contributed by atoms with Crippen LogP contribution in [-0.2, 0) is 6.54 Å². The Balaban J connectivity index is 2.50. The smallest absolute Gasteiger partial charge is 0.100 e. The fourth-order valence-corrected chi connectivity index (χ4v) is 2.30. The number of thiophene rings is 1. The molecule has 0 atom stereocenters. The summed E-state index contributed by atoms with van der Waals surface area (Å²) < 4.78 is 0. The maximum atomic E-state index is 8.91. The lowest BCUT2D eigenvalue weighted by molar-refractivity contribution is 0.175. The summed E-state index contributed by atoms with van der Waals surface area (Å²) >= 11 is 1.55. The van der Waals surface area contributed by atoms with Gasteiger partial charge in [0.25, 0.3) is 0 Å². The molecule has 0 amide bonds. The van der Waals surface area contributed by atoms with Crippen LogP contribution in [-0.4, -0.2) is 41.4 Å². The summed E-state index contributed by atoms with van der Waals surface area (Å²) in [7, 11) is 0. The first kappa shape index (κ1) is 13.1. The molecule has 0 aromatic carbocycles. The van der Waals surface area contributed by atoms with Crippen LogP contribution in [0.15, 0.2) is 11.4 Å². The summed E-state index contributed by atoms with van der Waals surface area (Å²) in [6, 6.07) is 3.97. The maximum absolute atomic E-state index is 8.91. The second-order valence-corrected chi connectivity index (χ2v) is 4.49. The Labute approximate surface area is 99.4 Å². The molecule has 0 saturated carbocycles. The van der Waals surface area contributed by atoms with Crippen molar-refractivity contribution in [1.82, 2.24) is 4.90 Å². The van der Waals surface area contributed by atoms with Crippen molar-refractivity contribution < 1.29 is 10.2 Å². The summed E-state index contributed by atoms with van der Waals surface area (Å²) in [4.78, 5) is 3.19. The van der Waals surface area contributed by atoms with Crippen LogP contribution in [0, 0.1) is 11.3 Å². The monoisotopic (exact) mass is 240 g/mol. The van der Waals surface area contributed by atoms with E-state index in [0.29, 0.717) is 18.5 Å². The molecule has 1 rings (SSSR count). The van der Waals surface area contributed by atoms with Gasteiger partial charge in [0, 0.05) is 36.5 Å². The van der Waals surface area contributed by atoms with E-state index in [1.807, 2.05) is 11.4 Å². The molecule has 16 heavy (non-hydrogen) atoms. The SMILES string of the molecule is N#Cc1csc(CN(CCO)CCCO)c1. The van der Waals surface area contributed by atoms with Crippen molar-refractivity contribution in [1.29, 1.82) is 5.26 Å². The van der Waals surface area contributed by atoms with Gasteiger partial charge in [-0.2, -0.15) is 5.26 Å². The molecule has 1 aromatic heterocycles. The van der Waals surface area contributed by atoms with Gasteiger partial charge in [-0.05, 0) is 12.5 Å². The number of hydrogen-bond donors (Lipinski definition) is 2. The summed E-state index contributed by atoms with van der Waals surface area (Å²) in [5.41, 5.74) is 0.686. The zero-order chi connectivity index (χ0) is 11.8. The quantitative estimate of drug-likeness (QED) is 0.739. The van der Waals surface area contributed by atoms with Crippen LogP contribution < -0.4 is 0 Å². The molecule has 1 aromatic rings. The minimum absolute atomic E-state index is 0.113. The highest BCUT2D eigenvalue weighted by Gasteiger charge is 2.07. The van der Waals surface area contributed by atoms with Gasteiger partial charge >= 0.3 is 0 Å². The van der Waals surface area contributed by atoms with E-state index in [-0.39, 0.29) is 13.2 Å². The highest BCUT2D eigenvalue weighted by atomic mass is 32.1. The fourth-order valence-electron chi connectivity index (χ4n) is 1.45. The Kier molecular flexibility index (Phi) is 6.04. The highest BCUT2D eigenvalue weighted by molar-refractivity contribution is 7.10. The number of aliphatic hydroxyl groups is 2. The predicted octanol–water partition coefficient (Wildman–Crippen LogP) is 0.796. The van der Waals surface area contributed by atoms with Gasteiger partial charge < -0.3 is 10.2 Å². The molecule has 0 radical (unpaired) electrons. The molecule has 0 aliphatic carbocycles. The summed E-state index contributed by atoms with van der Waals surface area (Å²) in [5, 5.41) is 28.2. The van der Waals surface area contributed by atoms with Gasteiger partial charge in [-0.25, -0.2) is 0 Å². The summed E-state index contributed by atoms with van der Waals surface area (Å²) in [6.45, 7) is 2.36. The average molecular weight is 240 g/mol. The predicted molar refractivity (Wildman–Crippen MR) is 63.1 cm³/mol. The van der Waals surface area contributed by atoms with Crippen molar-refractivity contribution in [3.8, 4) is 6.07 Å². The van der Waals surface area contributed by atoms with Crippen LogP contribution in [0.2, 0.25) is 0 Å². The molecular weight excluding hydrogens is 224 g/mol. The third-order valence-electron chi connectivity index (χ3n) is 2.21. The molecule has 0 aliphatic heterocycles. The molecule has 5 heteroatoms. The Bertz CT molecular complexity index is 346. The molecule has 88 valence electrons. The Morgan fingerprint density at radius 3 is 2.69 bits per heavy atom. The largest absolute Gasteiger partial charge is 0.396 e. The molecule has 0 spiro atoms. The van der Waals surface area contributed by atoms with E-state index in [1.165, 1.54) is 0 Å². The number of nitriles is 1. The van der Waals surface area contributed by atoms with Crippen LogP contribution in [0.1, 0.15) is 16.9 Å². The van der Waals surface area contributed by atoms with Crippen molar-refractivity contribution in [3.63, 3.8) is 0 Å². The van der Waals surface area contributed by atoms with Gasteiger partial charge in [-0.3, -0.25) is 4.90 Å². The fraction of sp³-hybridized carbons (Fsp3) is 0.545. The van der Waals surface area contributed by atoms with Crippen LogP contribution in [0.5, 0.6) is 0 Å². The number of rotatable bonds is 7. The van der Waals surface area contributed by atoms with Crippen LogP contribution in [0.25, 0.3) is 0 Å². The molecule has 0 bridgehead atoms. The molecule has 0 fully saturated rings. The zero-order valence-electron chi connectivity index (χ0n) is 9.09. The van der Waals surface area contributed by atoms with Gasteiger partial charge in [0.2, 0.25) is 0 Å². The Morgan fingerprint density at radius 2 is 2.12 bits per heavy atom. The molecule has 1 heterocycles. The number of nitrogens with zero attached hydrogens (tertiary/aromatic N) is 2. The average Bonchev–Trinajstić information content (AvgIpc) is 2.74. The molecule has 2 N–H and O–H groups in total. The lowest BCUT2D eigenvalue weighted by Crippen LogP contribution is -2.27. The second kappa shape index (κ2) is 7.36. The molecule has 0 saturated heterocycles. The van der Waals surface area contributed by atoms with E-state index in [0.717, 1.165) is 18.0 Å². The van der Waals surface area contributed by atoms with Gasteiger partial charge in [-0.15, -0.1) is 11.3 Å². The molecule has 0 unspecified atom stereocenters. The minimum Gasteiger partial charge on any atom is -0.396 e. The molecule has 0 aliphatic rings. The van der Waals surface area contributed by atoms with Gasteiger partial charge in [-0.1, -0.05) is 0 Å². The number of hydrogen-bond acceptors (Lipinski definition) is 5. The van der Waals surface area contributed by atoms with Crippen molar-refractivity contribution >= 4 is 11.3 Å². The first-order valence-electron chi connectivity index (χ1n) is 5.21. The van der Waals surface area contributed by atoms with Crippen molar-refractivity contribution in [3.05, 3.63) is 21.9 Å². The van der Waals surface area contributed by atoms with Gasteiger partial charge in [0.1, 0.15) is 6.07 Å². The van der Waals surface area contributed by atoms with E-state index in [9.17, 15) is 0 Å². The van der Waals surface area contributed by atoms with Crippen molar-refractivity contribution in [2.75, 3.05) is 26.3 Å². The zero-order valence-corrected chi connectivity index (χ0v) is 9.91. The standard InChI is InChI=1S/C11H16N2O2S/c12-7-10-6-11(16-9-10)8-13(3-5-15)2-1-4-14/h6,9,14-15H,1-5,8H2. The lowest BCUT2D eigenvalue weighted by Gasteiger charge is -2.19. The van der Waals surface area contributed by atoms with Crippen molar-refractivity contribution in [2.45, 2.75) is 13.0 Å². The maximum Gasteiger partial charge on any atom is 0.100 e. The van der Waals surface area contributed by atoms with Crippen molar-refractivity contribution in [2.24, 2.45) is 0 Å². The van der Waals surface area contributed by atoms with Gasteiger partial charge in [0.15, 0.2) is 0 Å². The van der Waals surface area contributed by atoms with Crippen LogP contribution in [0.4, 0.5) is 0 Å². The van der Waals surface area contributed by atoms with E-state index in [2.05, 4.69) is 11.0 Å². The van der Waals surface area contributed by atoms with Crippen LogP contribution >= 0.6 is 11.3 Å². The molecular formula is C11H16N2O2S.